The minimum absolute atomic E-state index is 0.00522. The molecule has 0 atom stereocenters. The number of amides is 1. The minimum atomic E-state index is 0.00522. The molecule has 4 heteroatoms. The van der Waals surface area contributed by atoms with Crippen LogP contribution in [0.3, 0.4) is 0 Å². The van der Waals surface area contributed by atoms with Gasteiger partial charge in [-0.2, -0.15) is 0 Å². The van der Waals surface area contributed by atoms with E-state index < -0.39 is 0 Å². The third-order valence-corrected chi connectivity index (χ3v) is 4.31. The van der Waals surface area contributed by atoms with Crippen molar-refractivity contribution >= 4 is 29.0 Å². The van der Waals surface area contributed by atoms with Crippen LogP contribution >= 0.6 is 11.3 Å². The molecule has 0 bridgehead atoms. The van der Waals surface area contributed by atoms with Crippen molar-refractivity contribution in [2.75, 3.05) is 0 Å². The molecule has 1 aliphatic heterocycles. The maximum absolute atomic E-state index is 12.0. The molecule has 0 aliphatic carbocycles. The van der Waals surface area contributed by atoms with Crippen LogP contribution in [-0.4, -0.2) is 11.9 Å². The largest absolute Gasteiger partial charge is 0.349 e. The highest BCUT2D eigenvalue weighted by Crippen LogP contribution is 2.31. The van der Waals surface area contributed by atoms with Crippen molar-refractivity contribution < 1.29 is 10.1 Å². The van der Waals surface area contributed by atoms with E-state index in [1.54, 1.807) is 0 Å². The maximum Gasteiger partial charge on any atom is 0.261 e. The van der Waals surface area contributed by atoms with Gasteiger partial charge >= 0.3 is 0 Å². The lowest BCUT2D eigenvalue weighted by atomic mass is 10.1. The van der Waals surface area contributed by atoms with Crippen molar-refractivity contribution in [3.05, 3.63) is 47.0 Å². The number of nitrogens with one attached hydrogen (secondary N) is 1. The summed E-state index contributed by atoms with van der Waals surface area (Å²) in [5.41, 5.74) is 3.66. The molecule has 0 radical (unpaired) electrons. The van der Waals surface area contributed by atoms with Crippen LogP contribution in [0.5, 0.6) is 0 Å². The van der Waals surface area contributed by atoms with Gasteiger partial charge in [-0.05, 0) is 43.7 Å². The SMILES string of the molecule is CC(C)NC(=O)c1ccc(-c2ccc3c(c2)C=C[NH2+]3)s1. The zero-order valence-corrected chi connectivity index (χ0v) is 12.3. The number of rotatable bonds is 3. The van der Waals surface area contributed by atoms with Crippen LogP contribution in [0, 0.1) is 0 Å². The Balaban J connectivity index is 1.86. The Morgan fingerprint density at radius 1 is 1.25 bits per heavy atom. The van der Waals surface area contributed by atoms with E-state index in [9.17, 15) is 4.79 Å². The molecule has 3 N–H and O–H groups in total. The topological polar surface area (TPSA) is 45.7 Å². The first-order chi connectivity index (χ1) is 9.63. The molecular formula is C16H17N2OS+. The second kappa shape index (κ2) is 5.23. The van der Waals surface area contributed by atoms with Crippen molar-refractivity contribution in [2.45, 2.75) is 19.9 Å². The zero-order valence-electron chi connectivity index (χ0n) is 11.5. The first-order valence-corrected chi connectivity index (χ1v) is 7.51. The lowest BCUT2D eigenvalue weighted by molar-refractivity contribution is -0.491. The van der Waals surface area contributed by atoms with Gasteiger partial charge in [-0.1, -0.05) is 0 Å². The van der Waals surface area contributed by atoms with Crippen LogP contribution in [0.25, 0.3) is 16.5 Å². The minimum Gasteiger partial charge on any atom is -0.349 e. The molecule has 3 nitrogen and oxygen atoms in total. The molecule has 2 heterocycles. The Labute approximate surface area is 122 Å². The smallest absolute Gasteiger partial charge is 0.261 e. The molecule has 1 aromatic carbocycles. The third kappa shape index (κ3) is 2.53. The van der Waals surface area contributed by atoms with Gasteiger partial charge in [0.2, 0.25) is 0 Å². The fourth-order valence-corrected chi connectivity index (χ4v) is 3.13. The van der Waals surface area contributed by atoms with E-state index in [1.807, 2.05) is 26.0 Å². The number of nitrogens with two attached hydrogens (primary N) is 1. The number of benzene rings is 1. The number of fused-ring (bicyclic) bond motifs is 1. The summed E-state index contributed by atoms with van der Waals surface area (Å²) in [5, 5.41) is 5.03. The van der Waals surface area contributed by atoms with Gasteiger partial charge in [0.05, 0.1) is 11.1 Å². The van der Waals surface area contributed by atoms with Crippen LogP contribution in [-0.2, 0) is 0 Å². The van der Waals surface area contributed by atoms with Crippen LogP contribution in [0.1, 0.15) is 29.1 Å². The molecule has 20 heavy (non-hydrogen) atoms. The van der Waals surface area contributed by atoms with Gasteiger partial charge in [0, 0.05) is 28.6 Å². The summed E-state index contributed by atoms with van der Waals surface area (Å²) in [6.07, 6.45) is 4.17. The highest BCUT2D eigenvalue weighted by Gasteiger charge is 2.14. The quantitative estimate of drug-likeness (QED) is 0.837. The fourth-order valence-electron chi connectivity index (χ4n) is 2.23. The van der Waals surface area contributed by atoms with E-state index in [1.165, 1.54) is 22.6 Å². The molecule has 2 aromatic rings. The van der Waals surface area contributed by atoms with Gasteiger partial charge < -0.3 is 5.32 Å². The van der Waals surface area contributed by atoms with E-state index in [2.05, 4.69) is 41.1 Å². The van der Waals surface area contributed by atoms with Gasteiger partial charge in [0.1, 0.15) is 5.69 Å². The lowest BCUT2D eigenvalue weighted by Crippen LogP contribution is -2.69. The number of carbonyl (C=O) groups excluding carboxylic acids is 1. The average Bonchev–Trinajstić information content (AvgIpc) is 3.06. The van der Waals surface area contributed by atoms with E-state index >= 15 is 0 Å². The predicted molar refractivity (Wildman–Crippen MR) is 83.0 cm³/mol. The van der Waals surface area contributed by atoms with Gasteiger partial charge in [0.15, 0.2) is 0 Å². The Hall–Kier alpha value is -1.91. The van der Waals surface area contributed by atoms with Crippen LogP contribution in [0.15, 0.2) is 36.5 Å². The van der Waals surface area contributed by atoms with Gasteiger partial charge in [-0.15, -0.1) is 11.3 Å². The zero-order chi connectivity index (χ0) is 14.1. The number of thiophene rings is 1. The van der Waals surface area contributed by atoms with E-state index in [-0.39, 0.29) is 11.9 Å². The van der Waals surface area contributed by atoms with E-state index in [0.717, 1.165) is 15.3 Å². The molecule has 0 saturated heterocycles. The summed E-state index contributed by atoms with van der Waals surface area (Å²) in [4.78, 5) is 13.9. The Bertz CT molecular complexity index is 686. The number of hydrogen-bond acceptors (Lipinski definition) is 2. The maximum atomic E-state index is 12.0. The van der Waals surface area contributed by atoms with Crippen molar-refractivity contribution in [1.29, 1.82) is 0 Å². The second-order valence-corrected chi connectivity index (χ2v) is 6.25. The van der Waals surface area contributed by atoms with Crippen LogP contribution in [0.2, 0.25) is 0 Å². The Morgan fingerprint density at radius 2 is 2.10 bits per heavy atom. The molecule has 3 rings (SSSR count). The molecule has 0 spiro atoms. The molecular weight excluding hydrogens is 268 g/mol. The summed E-state index contributed by atoms with van der Waals surface area (Å²) in [6, 6.07) is 10.5. The average molecular weight is 285 g/mol. The summed E-state index contributed by atoms with van der Waals surface area (Å²) in [7, 11) is 0. The number of quaternary nitrogens is 1. The molecule has 1 aliphatic rings. The van der Waals surface area contributed by atoms with E-state index in [0.29, 0.717) is 0 Å². The standard InChI is InChI=1S/C16H16N2OS/c1-10(2)18-16(19)15-6-5-14(20-15)12-3-4-13-11(9-12)7-8-17-13/h3-10,17H,1-2H3,(H,18,19)/p+1. The van der Waals surface area contributed by atoms with Crippen molar-refractivity contribution in [1.82, 2.24) is 5.32 Å². The van der Waals surface area contributed by atoms with Crippen molar-refractivity contribution in [3.63, 3.8) is 0 Å². The van der Waals surface area contributed by atoms with Gasteiger partial charge in [-0.25, -0.2) is 0 Å². The van der Waals surface area contributed by atoms with Crippen molar-refractivity contribution in [2.24, 2.45) is 0 Å². The summed E-state index contributed by atoms with van der Waals surface area (Å²) in [5.74, 6) is 0.00522. The first-order valence-electron chi connectivity index (χ1n) is 6.70. The van der Waals surface area contributed by atoms with Gasteiger partial charge in [-0.3, -0.25) is 10.1 Å². The second-order valence-electron chi connectivity index (χ2n) is 5.16. The fraction of sp³-hybridized carbons (Fsp3) is 0.188. The lowest BCUT2D eigenvalue weighted by Gasteiger charge is -2.05. The van der Waals surface area contributed by atoms with Crippen LogP contribution < -0.4 is 10.6 Å². The monoisotopic (exact) mass is 285 g/mol. The Kier molecular flexibility index (Phi) is 3.42. The number of hydrogen-bond donors (Lipinski definition) is 2. The summed E-state index contributed by atoms with van der Waals surface area (Å²) < 4.78 is 0. The molecule has 0 unspecified atom stereocenters. The summed E-state index contributed by atoms with van der Waals surface area (Å²) >= 11 is 1.54. The molecule has 1 amide bonds. The van der Waals surface area contributed by atoms with Crippen molar-refractivity contribution in [3.8, 4) is 10.4 Å². The molecule has 1 aromatic heterocycles. The van der Waals surface area contributed by atoms with Gasteiger partial charge in [0.25, 0.3) is 5.91 Å². The van der Waals surface area contributed by atoms with Crippen LogP contribution in [0.4, 0.5) is 5.69 Å². The molecule has 102 valence electrons. The first kappa shape index (κ1) is 13.1. The predicted octanol–water partition coefficient (Wildman–Crippen LogP) is 2.73. The highest BCUT2D eigenvalue weighted by molar-refractivity contribution is 7.17. The normalized spacial score (nSPS) is 12.8. The number of carbonyl (C=O) groups is 1. The molecule has 0 saturated carbocycles. The summed E-state index contributed by atoms with van der Waals surface area (Å²) in [6.45, 7) is 3.94. The van der Waals surface area contributed by atoms with E-state index in [4.69, 9.17) is 0 Å². The molecule has 0 fully saturated rings. The highest BCUT2D eigenvalue weighted by atomic mass is 32.1. The third-order valence-electron chi connectivity index (χ3n) is 3.17. The Morgan fingerprint density at radius 3 is 2.90 bits per heavy atom.